The van der Waals surface area contributed by atoms with Crippen molar-refractivity contribution in [3.05, 3.63) is 102 Å². The Morgan fingerprint density at radius 2 is 1.73 bits per heavy atom. The number of anilines is 1. The fraction of sp³-hybridized carbons (Fsp3) is 0.259. The highest BCUT2D eigenvalue weighted by Gasteiger charge is 2.38. The fourth-order valence-corrected chi connectivity index (χ4v) is 4.73. The standard InChI is InChI=1S/C27H27NO2/c1-29-21-12-10-20(11-13-21)27-24-9-5-8-23(24)25-18-22(14-15-26(25)28-27)30-17-16-19-6-3-2-4-7-19/h2-8,10-15,18,23-24,27-28H,9,16-17H2,1H3. The lowest BCUT2D eigenvalue weighted by Crippen LogP contribution is -2.29. The van der Waals surface area contributed by atoms with E-state index >= 15 is 0 Å². The van der Waals surface area contributed by atoms with Crippen LogP contribution in [0.3, 0.4) is 0 Å². The minimum absolute atomic E-state index is 0.299. The van der Waals surface area contributed by atoms with E-state index in [4.69, 9.17) is 9.47 Å². The molecule has 3 aromatic carbocycles. The Bertz CT molecular complexity index is 1030. The molecule has 3 unspecified atom stereocenters. The summed E-state index contributed by atoms with van der Waals surface area (Å²) >= 11 is 0. The van der Waals surface area contributed by atoms with Crippen molar-refractivity contribution in [2.24, 2.45) is 5.92 Å². The molecule has 0 radical (unpaired) electrons. The zero-order valence-corrected chi connectivity index (χ0v) is 17.3. The van der Waals surface area contributed by atoms with E-state index in [9.17, 15) is 0 Å². The van der Waals surface area contributed by atoms with Gasteiger partial charge in [-0.1, -0.05) is 54.6 Å². The highest BCUT2D eigenvalue weighted by molar-refractivity contribution is 5.61. The maximum absolute atomic E-state index is 6.10. The Hall–Kier alpha value is -3.20. The predicted molar refractivity (Wildman–Crippen MR) is 121 cm³/mol. The number of methoxy groups -OCH3 is 1. The third-order valence-electron chi connectivity index (χ3n) is 6.31. The van der Waals surface area contributed by atoms with E-state index in [1.54, 1.807) is 7.11 Å². The molecule has 1 N–H and O–H groups in total. The molecule has 0 saturated carbocycles. The van der Waals surface area contributed by atoms with Gasteiger partial charge in [-0.3, -0.25) is 0 Å². The summed E-state index contributed by atoms with van der Waals surface area (Å²) in [7, 11) is 1.71. The molecule has 1 heterocycles. The van der Waals surface area contributed by atoms with E-state index in [1.807, 2.05) is 18.2 Å². The number of allylic oxidation sites excluding steroid dienone is 2. The van der Waals surface area contributed by atoms with Crippen LogP contribution in [-0.2, 0) is 6.42 Å². The average Bonchev–Trinajstić information content (AvgIpc) is 3.30. The van der Waals surface area contributed by atoms with Gasteiger partial charge in [-0.15, -0.1) is 0 Å². The normalized spacial score (nSPS) is 21.4. The fourth-order valence-electron chi connectivity index (χ4n) is 4.73. The second-order valence-electron chi connectivity index (χ2n) is 8.08. The molecule has 3 nitrogen and oxygen atoms in total. The van der Waals surface area contributed by atoms with Crippen LogP contribution < -0.4 is 14.8 Å². The molecule has 0 fully saturated rings. The van der Waals surface area contributed by atoms with Crippen molar-refractivity contribution < 1.29 is 9.47 Å². The average molecular weight is 398 g/mol. The first kappa shape index (κ1) is 18.8. The summed E-state index contributed by atoms with van der Waals surface area (Å²) in [6, 6.07) is 25.7. The van der Waals surface area contributed by atoms with Crippen LogP contribution in [0.4, 0.5) is 5.69 Å². The first-order chi connectivity index (χ1) is 14.8. The number of hydrogen-bond donors (Lipinski definition) is 1. The van der Waals surface area contributed by atoms with Crippen molar-refractivity contribution in [2.45, 2.75) is 24.8 Å². The lowest BCUT2D eigenvalue weighted by atomic mass is 9.77. The predicted octanol–water partition coefficient (Wildman–Crippen LogP) is 6.14. The summed E-state index contributed by atoms with van der Waals surface area (Å²) in [5.41, 5.74) is 5.16. The van der Waals surface area contributed by atoms with Gasteiger partial charge in [0.25, 0.3) is 0 Å². The van der Waals surface area contributed by atoms with Crippen LogP contribution in [0.5, 0.6) is 11.5 Å². The molecule has 0 amide bonds. The summed E-state index contributed by atoms with van der Waals surface area (Å²) in [6.45, 7) is 0.689. The first-order valence-electron chi connectivity index (χ1n) is 10.7. The molecular weight excluding hydrogens is 370 g/mol. The van der Waals surface area contributed by atoms with Crippen molar-refractivity contribution >= 4 is 5.69 Å². The van der Waals surface area contributed by atoms with Gasteiger partial charge in [-0.2, -0.15) is 0 Å². The number of benzene rings is 3. The van der Waals surface area contributed by atoms with E-state index in [0.717, 1.165) is 24.3 Å². The molecule has 3 atom stereocenters. The molecule has 0 bridgehead atoms. The number of fused-ring (bicyclic) bond motifs is 3. The summed E-state index contributed by atoms with van der Waals surface area (Å²) in [6.07, 6.45) is 6.70. The second-order valence-corrected chi connectivity index (χ2v) is 8.08. The molecule has 0 saturated heterocycles. The van der Waals surface area contributed by atoms with Crippen LogP contribution in [0.2, 0.25) is 0 Å². The van der Waals surface area contributed by atoms with Crippen LogP contribution in [0.25, 0.3) is 0 Å². The summed E-state index contributed by atoms with van der Waals surface area (Å²) in [4.78, 5) is 0. The number of rotatable bonds is 6. The highest BCUT2D eigenvalue weighted by atomic mass is 16.5. The van der Waals surface area contributed by atoms with E-state index < -0.39 is 0 Å². The van der Waals surface area contributed by atoms with Gasteiger partial charge in [-0.05, 0) is 59.4 Å². The largest absolute Gasteiger partial charge is 0.497 e. The Kier molecular flexibility index (Phi) is 5.18. The SMILES string of the molecule is COc1ccc(C2Nc3ccc(OCCc4ccccc4)cc3C3C=CCC32)cc1. The molecule has 2 aliphatic rings. The Morgan fingerprint density at radius 3 is 2.53 bits per heavy atom. The van der Waals surface area contributed by atoms with Gasteiger partial charge >= 0.3 is 0 Å². The third kappa shape index (κ3) is 3.68. The van der Waals surface area contributed by atoms with Gasteiger partial charge in [0.1, 0.15) is 11.5 Å². The Labute approximate surface area is 178 Å². The van der Waals surface area contributed by atoms with Crippen molar-refractivity contribution in [1.82, 2.24) is 0 Å². The Balaban J connectivity index is 1.34. The van der Waals surface area contributed by atoms with Crippen LogP contribution in [0, 0.1) is 5.92 Å². The summed E-state index contributed by atoms with van der Waals surface area (Å²) in [5.74, 6) is 2.79. The van der Waals surface area contributed by atoms with Crippen molar-refractivity contribution in [3.63, 3.8) is 0 Å². The molecule has 3 aromatic rings. The number of ether oxygens (including phenoxy) is 2. The van der Waals surface area contributed by atoms with Gasteiger partial charge in [-0.25, -0.2) is 0 Å². The van der Waals surface area contributed by atoms with Gasteiger partial charge in [0.2, 0.25) is 0 Å². The molecule has 1 aliphatic heterocycles. The molecular formula is C27H27NO2. The van der Waals surface area contributed by atoms with Crippen LogP contribution in [-0.4, -0.2) is 13.7 Å². The molecule has 0 aromatic heterocycles. The minimum Gasteiger partial charge on any atom is -0.497 e. The van der Waals surface area contributed by atoms with Crippen molar-refractivity contribution in [2.75, 3.05) is 19.0 Å². The topological polar surface area (TPSA) is 30.5 Å². The van der Waals surface area contributed by atoms with E-state index in [0.29, 0.717) is 24.5 Å². The van der Waals surface area contributed by atoms with Crippen molar-refractivity contribution in [1.29, 1.82) is 0 Å². The van der Waals surface area contributed by atoms with Crippen LogP contribution >= 0.6 is 0 Å². The maximum atomic E-state index is 6.10. The minimum atomic E-state index is 0.299. The molecule has 30 heavy (non-hydrogen) atoms. The van der Waals surface area contributed by atoms with Gasteiger partial charge in [0.05, 0.1) is 19.8 Å². The zero-order chi connectivity index (χ0) is 20.3. The van der Waals surface area contributed by atoms with Crippen LogP contribution in [0.1, 0.15) is 35.1 Å². The van der Waals surface area contributed by atoms with E-state index in [-0.39, 0.29) is 0 Å². The van der Waals surface area contributed by atoms with Gasteiger partial charge < -0.3 is 14.8 Å². The molecule has 1 aliphatic carbocycles. The zero-order valence-electron chi connectivity index (χ0n) is 17.3. The summed E-state index contributed by atoms with van der Waals surface area (Å²) in [5, 5.41) is 3.79. The lowest BCUT2D eigenvalue weighted by Gasteiger charge is -2.37. The molecule has 0 spiro atoms. The Morgan fingerprint density at radius 1 is 0.933 bits per heavy atom. The number of hydrogen-bond acceptors (Lipinski definition) is 3. The lowest BCUT2D eigenvalue weighted by molar-refractivity contribution is 0.320. The molecule has 5 rings (SSSR count). The third-order valence-corrected chi connectivity index (χ3v) is 6.31. The smallest absolute Gasteiger partial charge is 0.119 e. The van der Waals surface area contributed by atoms with Crippen molar-refractivity contribution in [3.8, 4) is 11.5 Å². The summed E-state index contributed by atoms with van der Waals surface area (Å²) < 4.78 is 11.4. The number of nitrogens with one attached hydrogen (secondary N) is 1. The van der Waals surface area contributed by atoms with E-state index in [2.05, 4.69) is 72.1 Å². The monoisotopic (exact) mass is 397 g/mol. The van der Waals surface area contributed by atoms with Gasteiger partial charge in [0.15, 0.2) is 0 Å². The molecule has 3 heteroatoms. The maximum Gasteiger partial charge on any atom is 0.119 e. The highest BCUT2D eigenvalue weighted by Crippen LogP contribution is 2.50. The van der Waals surface area contributed by atoms with E-state index in [1.165, 1.54) is 22.4 Å². The quantitative estimate of drug-likeness (QED) is 0.507. The molecule has 152 valence electrons. The first-order valence-corrected chi connectivity index (χ1v) is 10.7. The second kappa shape index (κ2) is 8.27. The van der Waals surface area contributed by atoms with Crippen LogP contribution in [0.15, 0.2) is 84.9 Å². The van der Waals surface area contributed by atoms with Gasteiger partial charge in [0, 0.05) is 18.0 Å².